The summed E-state index contributed by atoms with van der Waals surface area (Å²) in [6.07, 6.45) is 6.77. The minimum absolute atomic E-state index is 0.146. The molecule has 124 valence electrons. The van der Waals surface area contributed by atoms with E-state index in [0.717, 1.165) is 35.5 Å². The van der Waals surface area contributed by atoms with Crippen molar-refractivity contribution in [2.24, 2.45) is 0 Å². The molecule has 6 heteroatoms. The van der Waals surface area contributed by atoms with Crippen molar-refractivity contribution in [2.45, 2.75) is 31.1 Å². The molecule has 3 rings (SSSR count). The number of hydrogen-bond acceptors (Lipinski definition) is 4. The Hall–Kier alpha value is -2.34. The Balaban J connectivity index is 1.87. The van der Waals surface area contributed by atoms with Crippen LogP contribution in [0.2, 0.25) is 0 Å². The molecule has 0 fully saturated rings. The molecule has 2 aromatic heterocycles. The van der Waals surface area contributed by atoms with Crippen LogP contribution in [0.15, 0.2) is 47.5 Å². The Kier molecular flexibility index (Phi) is 5.15. The van der Waals surface area contributed by atoms with Gasteiger partial charge in [-0.15, -0.1) is 11.8 Å². The lowest BCUT2D eigenvalue weighted by atomic mass is 10.2. The maximum atomic E-state index is 12.5. The van der Waals surface area contributed by atoms with Crippen LogP contribution in [0.4, 0.5) is 5.82 Å². The van der Waals surface area contributed by atoms with Crippen LogP contribution in [0.5, 0.6) is 0 Å². The predicted molar refractivity (Wildman–Crippen MR) is 97.8 cm³/mol. The highest BCUT2D eigenvalue weighted by Crippen LogP contribution is 2.18. The minimum atomic E-state index is -0.146. The van der Waals surface area contributed by atoms with E-state index in [-0.39, 0.29) is 5.91 Å². The molecule has 0 spiro atoms. The molecule has 3 aromatic rings. The van der Waals surface area contributed by atoms with Crippen molar-refractivity contribution in [3.05, 3.63) is 53.9 Å². The van der Waals surface area contributed by atoms with Crippen molar-refractivity contribution < 1.29 is 4.79 Å². The Bertz CT molecular complexity index is 842. The Labute approximate surface area is 145 Å². The molecule has 0 unspecified atom stereocenters. The molecule has 1 N–H and O–H groups in total. The van der Waals surface area contributed by atoms with Crippen LogP contribution < -0.4 is 5.32 Å². The molecule has 1 amide bonds. The summed E-state index contributed by atoms with van der Waals surface area (Å²) in [6, 6.07) is 11.3. The Morgan fingerprint density at radius 1 is 1.25 bits per heavy atom. The molecule has 24 heavy (non-hydrogen) atoms. The quantitative estimate of drug-likeness (QED) is 0.688. The number of carbonyl (C=O) groups excluding carboxylic acids is 1. The fourth-order valence-corrected chi connectivity index (χ4v) is 2.88. The van der Waals surface area contributed by atoms with E-state index in [4.69, 9.17) is 0 Å². The second-order valence-corrected chi connectivity index (χ2v) is 6.40. The van der Waals surface area contributed by atoms with Gasteiger partial charge in [0.1, 0.15) is 5.82 Å². The number of fused-ring (bicyclic) bond motifs is 1. The van der Waals surface area contributed by atoms with Crippen LogP contribution in [-0.2, 0) is 6.42 Å². The zero-order valence-corrected chi connectivity index (χ0v) is 14.6. The average Bonchev–Trinajstić information content (AvgIpc) is 3.09. The molecule has 0 bridgehead atoms. The Morgan fingerprint density at radius 3 is 2.75 bits per heavy atom. The predicted octanol–water partition coefficient (Wildman–Crippen LogP) is 4.05. The number of unbranched alkanes of at least 4 members (excludes halogenated alkanes) is 1. The van der Waals surface area contributed by atoms with E-state index < -0.39 is 0 Å². The fourth-order valence-electron chi connectivity index (χ4n) is 2.47. The standard InChI is InChI=1S/C18H20N4OS/c1-3-4-5-14-12-17(22-16(20-14)10-11-19-22)21-18(23)13-6-8-15(24-2)9-7-13/h6-12H,3-5H2,1-2H3,(H,21,23). The first-order valence-electron chi connectivity index (χ1n) is 8.00. The number of benzene rings is 1. The zero-order valence-electron chi connectivity index (χ0n) is 13.8. The molecule has 0 radical (unpaired) electrons. The summed E-state index contributed by atoms with van der Waals surface area (Å²) in [5.74, 6) is 0.502. The molecule has 0 aliphatic heterocycles. The monoisotopic (exact) mass is 340 g/mol. The number of nitrogens with zero attached hydrogens (tertiary/aromatic N) is 3. The van der Waals surface area contributed by atoms with E-state index in [1.165, 1.54) is 0 Å². The summed E-state index contributed by atoms with van der Waals surface area (Å²) < 4.78 is 1.66. The lowest BCUT2D eigenvalue weighted by Gasteiger charge is -2.10. The fraction of sp³-hybridized carbons (Fsp3) is 0.278. The average molecular weight is 340 g/mol. The van der Waals surface area contributed by atoms with Gasteiger partial charge in [-0.25, -0.2) is 4.98 Å². The van der Waals surface area contributed by atoms with Gasteiger partial charge in [-0.2, -0.15) is 9.61 Å². The smallest absolute Gasteiger partial charge is 0.256 e. The number of aryl methyl sites for hydroxylation is 1. The van der Waals surface area contributed by atoms with Crippen molar-refractivity contribution >= 4 is 29.1 Å². The molecular weight excluding hydrogens is 320 g/mol. The van der Waals surface area contributed by atoms with Gasteiger partial charge < -0.3 is 5.32 Å². The van der Waals surface area contributed by atoms with Crippen LogP contribution in [0.25, 0.3) is 5.65 Å². The molecule has 0 atom stereocenters. The van der Waals surface area contributed by atoms with Gasteiger partial charge in [-0.3, -0.25) is 4.79 Å². The van der Waals surface area contributed by atoms with Crippen molar-refractivity contribution in [2.75, 3.05) is 11.6 Å². The largest absolute Gasteiger partial charge is 0.306 e. The van der Waals surface area contributed by atoms with Crippen LogP contribution in [-0.4, -0.2) is 26.8 Å². The molecule has 0 saturated carbocycles. The highest BCUT2D eigenvalue weighted by molar-refractivity contribution is 7.98. The normalized spacial score (nSPS) is 10.9. The highest BCUT2D eigenvalue weighted by Gasteiger charge is 2.11. The van der Waals surface area contributed by atoms with E-state index in [1.807, 2.05) is 42.7 Å². The first-order chi connectivity index (χ1) is 11.7. The number of rotatable bonds is 6. The van der Waals surface area contributed by atoms with Gasteiger partial charge in [0, 0.05) is 28.3 Å². The third-order valence-corrected chi connectivity index (χ3v) is 4.54. The maximum absolute atomic E-state index is 12.5. The van der Waals surface area contributed by atoms with Gasteiger partial charge >= 0.3 is 0 Å². The summed E-state index contributed by atoms with van der Waals surface area (Å²) in [4.78, 5) is 18.2. The number of hydrogen-bond donors (Lipinski definition) is 1. The van der Waals surface area contributed by atoms with Crippen LogP contribution in [0.3, 0.4) is 0 Å². The molecule has 0 saturated heterocycles. The number of thioether (sulfide) groups is 1. The lowest BCUT2D eigenvalue weighted by molar-refractivity contribution is 0.102. The van der Waals surface area contributed by atoms with Gasteiger partial charge in [0.2, 0.25) is 0 Å². The van der Waals surface area contributed by atoms with Gasteiger partial charge in [0.15, 0.2) is 5.65 Å². The molecule has 0 aliphatic carbocycles. The third kappa shape index (κ3) is 3.59. The number of nitrogens with one attached hydrogen (secondary N) is 1. The summed E-state index contributed by atoms with van der Waals surface area (Å²) in [6.45, 7) is 2.15. The zero-order chi connectivity index (χ0) is 16.9. The van der Waals surface area contributed by atoms with Crippen LogP contribution in [0, 0.1) is 0 Å². The van der Waals surface area contributed by atoms with E-state index >= 15 is 0 Å². The molecule has 0 aliphatic rings. The first-order valence-corrected chi connectivity index (χ1v) is 9.23. The van der Waals surface area contributed by atoms with Gasteiger partial charge in [-0.1, -0.05) is 13.3 Å². The van der Waals surface area contributed by atoms with Crippen molar-refractivity contribution in [1.82, 2.24) is 14.6 Å². The second-order valence-electron chi connectivity index (χ2n) is 5.52. The molecule has 2 heterocycles. The molecule has 5 nitrogen and oxygen atoms in total. The Morgan fingerprint density at radius 2 is 2.04 bits per heavy atom. The van der Waals surface area contributed by atoms with Gasteiger partial charge in [0.05, 0.1) is 6.20 Å². The van der Waals surface area contributed by atoms with Gasteiger partial charge in [-0.05, 0) is 43.4 Å². The molecular formula is C18H20N4OS. The number of carbonyl (C=O) groups is 1. The lowest BCUT2D eigenvalue weighted by Crippen LogP contribution is -2.15. The van der Waals surface area contributed by atoms with E-state index in [2.05, 4.69) is 22.3 Å². The second kappa shape index (κ2) is 7.49. The first kappa shape index (κ1) is 16.5. The molecule has 1 aromatic carbocycles. The maximum Gasteiger partial charge on any atom is 0.256 e. The van der Waals surface area contributed by atoms with Crippen molar-refractivity contribution in [1.29, 1.82) is 0 Å². The van der Waals surface area contributed by atoms with E-state index in [1.54, 1.807) is 22.5 Å². The SMILES string of the molecule is CCCCc1cc(NC(=O)c2ccc(SC)cc2)n2nccc2n1. The number of anilines is 1. The number of aromatic nitrogens is 3. The summed E-state index contributed by atoms with van der Waals surface area (Å²) >= 11 is 1.65. The minimum Gasteiger partial charge on any atom is -0.306 e. The van der Waals surface area contributed by atoms with Gasteiger partial charge in [0.25, 0.3) is 5.91 Å². The summed E-state index contributed by atoms with van der Waals surface area (Å²) in [5.41, 5.74) is 2.34. The third-order valence-electron chi connectivity index (χ3n) is 3.79. The van der Waals surface area contributed by atoms with E-state index in [9.17, 15) is 4.79 Å². The van der Waals surface area contributed by atoms with Crippen molar-refractivity contribution in [3.8, 4) is 0 Å². The summed E-state index contributed by atoms with van der Waals surface area (Å²) in [7, 11) is 0. The van der Waals surface area contributed by atoms with Crippen molar-refractivity contribution in [3.63, 3.8) is 0 Å². The topological polar surface area (TPSA) is 59.3 Å². The van der Waals surface area contributed by atoms with Crippen LogP contribution in [0.1, 0.15) is 35.8 Å². The summed E-state index contributed by atoms with van der Waals surface area (Å²) in [5, 5.41) is 7.21. The van der Waals surface area contributed by atoms with E-state index in [0.29, 0.717) is 11.4 Å². The number of amides is 1. The van der Waals surface area contributed by atoms with Crippen LogP contribution >= 0.6 is 11.8 Å². The highest BCUT2D eigenvalue weighted by atomic mass is 32.2.